The van der Waals surface area contributed by atoms with Crippen LogP contribution in [0.5, 0.6) is 0 Å². The highest BCUT2D eigenvalue weighted by atomic mass is 16.6. The van der Waals surface area contributed by atoms with Crippen LogP contribution in [0.2, 0.25) is 0 Å². The predicted octanol–water partition coefficient (Wildman–Crippen LogP) is 0.236. The van der Waals surface area contributed by atoms with Gasteiger partial charge in [0.15, 0.2) is 17.7 Å². The van der Waals surface area contributed by atoms with E-state index in [2.05, 4.69) is 39.3 Å². The van der Waals surface area contributed by atoms with Crippen LogP contribution in [-0.2, 0) is 4.74 Å². The normalized spacial score (nSPS) is 25.4. The second-order valence-electron chi connectivity index (χ2n) is 7.18. The molecule has 2 aromatic heterocycles. The molecule has 29 heavy (non-hydrogen) atoms. The van der Waals surface area contributed by atoms with Crippen LogP contribution < -0.4 is 11.1 Å². The van der Waals surface area contributed by atoms with E-state index >= 15 is 0 Å². The van der Waals surface area contributed by atoms with Gasteiger partial charge >= 0.3 is 0 Å². The Hall–Kier alpha value is -2.79. The molecule has 3 heterocycles. The molecule has 6 N–H and O–H groups in total. The van der Waals surface area contributed by atoms with Crippen molar-refractivity contribution in [2.24, 2.45) is 0 Å². The van der Waals surface area contributed by atoms with E-state index in [1.165, 1.54) is 16.5 Å². The number of imidazole rings is 1. The number of rotatable bonds is 6. The van der Waals surface area contributed by atoms with Crippen molar-refractivity contribution >= 4 is 22.9 Å². The van der Waals surface area contributed by atoms with Gasteiger partial charge in [0.2, 0.25) is 5.95 Å². The van der Waals surface area contributed by atoms with Gasteiger partial charge in [0.05, 0.1) is 12.9 Å². The summed E-state index contributed by atoms with van der Waals surface area (Å²) in [6.45, 7) is 2.27. The lowest BCUT2D eigenvalue weighted by atomic mass is 10.0. The quantitative estimate of drug-likeness (QED) is 0.392. The highest BCUT2D eigenvalue weighted by molar-refractivity contribution is 5.83. The molecule has 1 fully saturated rings. The first-order valence-corrected chi connectivity index (χ1v) is 9.41. The minimum atomic E-state index is -1.24. The van der Waals surface area contributed by atoms with Gasteiger partial charge in [-0.3, -0.25) is 4.57 Å². The number of benzene rings is 1. The molecule has 4 rings (SSSR count). The molecule has 1 aliphatic rings. The summed E-state index contributed by atoms with van der Waals surface area (Å²) in [7, 11) is 0. The van der Waals surface area contributed by atoms with Gasteiger partial charge in [-0.2, -0.15) is 9.97 Å². The Labute approximate surface area is 167 Å². The van der Waals surface area contributed by atoms with Crippen LogP contribution in [0.3, 0.4) is 0 Å². The van der Waals surface area contributed by atoms with E-state index in [1.807, 2.05) is 18.2 Å². The van der Waals surface area contributed by atoms with Gasteiger partial charge in [0.25, 0.3) is 0 Å². The van der Waals surface area contributed by atoms with Gasteiger partial charge < -0.3 is 31.1 Å². The van der Waals surface area contributed by atoms with E-state index in [9.17, 15) is 15.3 Å². The van der Waals surface area contributed by atoms with E-state index in [4.69, 9.17) is 10.5 Å². The average Bonchev–Trinajstić information content (AvgIpc) is 3.28. The van der Waals surface area contributed by atoms with Crippen LogP contribution in [0.15, 0.2) is 36.7 Å². The molecule has 3 aromatic rings. The number of aliphatic hydroxyl groups is 3. The second-order valence-corrected chi connectivity index (χ2v) is 7.18. The van der Waals surface area contributed by atoms with Crippen molar-refractivity contribution in [2.75, 3.05) is 24.2 Å². The van der Waals surface area contributed by atoms with Crippen LogP contribution in [0.25, 0.3) is 11.2 Å². The summed E-state index contributed by atoms with van der Waals surface area (Å²) in [5.41, 5.74) is 7.96. The molecule has 0 bridgehead atoms. The molecule has 0 radical (unpaired) electrons. The standard InChI is InChI=1S/C19H24N6O4/c1-10(11-5-3-2-4-6-11)7-21-19-23-16(20)13-17(24-19)25(9-22-13)18-15(28)14(27)12(8-26)29-18/h2-6,9-10,12,14-15,18,26-28H,7-8H2,1H3,(H3,20,21,23,24)/t10?,12-,14?,15?,18-/m1/s1. The third kappa shape index (κ3) is 3.62. The summed E-state index contributed by atoms with van der Waals surface area (Å²) in [5.74, 6) is 0.740. The molecule has 1 aromatic carbocycles. The number of aliphatic hydroxyl groups excluding tert-OH is 3. The lowest BCUT2D eigenvalue weighted by Gasteiger charge is -2.17. The Morgan fingerprint density at radius 3 is 2.66 bits per heavy atom. The Morgan fingerprint density at radius 1 is 1.21 bits per heavy atom. The van der Waals surface area contributed by atoms with Crippen LogP contribution >= 0.6 is 0 Å². The van der Waals surface area contributed by atoms with Gasteiger partial charge in [-0.15, -0.1) is 0 Å². The third-order valence-corrected chi connectivity index (χ3v) is 5.17. The number of nitrogen functional groups attached to an aromatic ring is 1. The smallest absolute Gasteiger partial charge is 0.226 e. The molecular formula is C19H24N6O4. The Bertz CT molecular complexity index is 981. The van der Waals surface area contributed by atoms with Gasteiger partial charge in [0, 0.05) is 6.54 Å². The number of nitrogens with two attached hydrogens (primary N) is 1. The Balaban J connectivity index is 1.59. The Kier molecular flexibility index (Phi) is 5.33. The van der Waals surface area contributed by atoms with Crippen LogP contribution in [0, 0.1) is 0 Å². The summed E-state index contributed by atoms with van der Waals surface area (Å²) in [6.07, 6.45) is -2.87. The summed E-state index contributed by atoms with van der Waals surface area (Å²) < 4.78 is 7.06. The number of ether oxygens (including phenoxy) is 1. The summed E-state index contributed by atoms with van der Waals surface area (Å²) >= 11 is 0. The number of hydrogen-bond acceptors (Lipinski definition) is 9. The summed E-state index contributed by atoms with van der Waals surface area (Å²) in [4.78, 5) is 12.9. The van der Waals surface area contributed by atoms with E-state index < -0.39 is 31.1 Å². The number of hydrogen-bond donors (Lipinski definition) is 5. The monoisotopic (exact) mass is 400 g/mol. The number of nitrogens with one attached hydrogen (secondary N) is 1. The zero-order valence-corrected chi connectivity index (χ0v) is 15.9. The first kappa shape index (κ1) is 19.5. The van der Waals surface area contributed by atoms with Crippen LogP contribution in [-0.4, -0.2) is 66.3 Å². The molecule has 0 spiro atoms. The van der Waals surface area contributed by atoms with Crippen molar-refractivity contribution in [3.8, 4) is 0 Å². The van der Waals surface area contributed by atoms with E-state index in [-0.39, 0.29) is 11.7 Å². The van der Waals surface area contributed by atoms with Gasteiger partial charge in [-0.25, -0.2) is 4.98 Å². The molecular weight excluding hydrogens is 376 g/mol. The average molecular weight is 400 g/mol. The molecule has 5 atom stereocenters. The van der Waals surface area contributed by atoms with Crippen molar-refractivity contribution < 1.29 is 20.1 Å². The third-order valence-electron chi connectivity index (χ3n) is 5.17. The largest absolute Gasteiger partial charge is 0.394 e. The fraction of sp³-hybridized carbons (Fsp3) is 0.421. The highest BCUT2D eigenvalue weighted by Gasteiger charge is 2.44. The van der Waals surface area contributed by atoms with Gasteiger partial charge in [-0.1, -0.05) is 37.3 Å². The lowest BCUT2D eigenvalue weighted by Crippen LogP contribution is -2.33. The SMILES string of the molecule is CC(CNc1nc(N)c2ncn([C@@H]3O[C@H](CO)C(O)C3O)c2n1)c1ccccc1. The molecule has 154 valence electrons. The van der Waals surface area contributed by atoms with Crippen molar-refractivity contribution in [3.05, 3.63) is 42.2 Å². The number of aromatic nitrogens is 4. The van der Waals surface area contributed by atoms with E-state index in [0.29, 0.717) is 23.7 Å². The molecule has 10 nitrogen and oxygen atoms in total. The van der Waals surface area contributed by atoms with Crippen LogP contribution in [0.4, 0.5) is 11.8 Å². The predicted molar refractivity (Wildman–Crippen MR) is 106 cm³/mol. The zero-order chi connectivity index (χ0) is 20.5. The molecule has 10 heteroatoms. The topological polar surface area (TPSA) is 152 Å². The fourth-order valence-corrected chi connectivity index (χ4v) is 3.46. The fourth-order valence-electron chi connectivity index (χ4n) is 3.46. The van der Waals surface area contributed by atoms with E-state index in [1.54, 1.807) is 0 Å². The first-order valence-electron chi connectivity index (χ1n) is 9.41. The molecule has 1 aliphatic heterocycles. The second kappa shape index (κ2) is 7.91. The minimum Gasteiger partial charge on any atom is -0.394 e. The number of fused-ring (bicyclic) bond motifs is 1. The molecule has 0 aliphatic carbocycles. The van der Waals surface area contributed by atoms with Crippen molar-refractivity contribution in [1.29, 1.82) is 0 Å². The maximum Gasteiger partial charge on any atom is 0.226 e. The zero-order valence-electron chi connectivity index (χ0n) is 15.9. The van der Waals surface area contributed by atoms with Crippen molar-refractivity contribution in [3.63, 3.8) is 0 Å². The maximum absolute atomic E-state index is 10.3. The highest BCUT2D eigenvalue weighted by Crippen LogP contribution is 2.32. The molecule has 0 saturated carbocycles. The van der Waals surface area contributed by atoms with Gasteiger partial charge in [0.1, 0.15) is 23.8 Å². The first-order chi connectivity index (χ1) is 14.0. The minimum absolute atomic E-state index is 0.190. The molecule has 1 saturated heterocycles. The summed E-state index contributed by atoms with van der Waals surface area (Å²) in [5, 5.41) is 32.8. The Morgan fingerprint density at radius 2 is 1.97 bits per heavy atom. The summed E-state index contributed by atoms with van der Waals surface area (Å²) in [6, 6.07) is 10.1. The number of anilines is 2. The van der Waals surface area contributed by atoms with E-state index in [0.717, 1.165) is 0 Å². The molecule has 0 amide bonds. The van der Waals surface area contributed by atoms with Crippen molar-refractivity contribution in [1.82, 2.24) is 19.5 Å². The van der Waals surface area contributed by atoms with Gasteiger partial charge in [-0.05, 0) is 11.5 Å². The van der Waals surface area contributed by atoms with Crippen LogP contribution in [0.1, 0.15) is 24.6 Å². The molecule has 3 unspecified atom stereocenters. The van der Waals surface area contributed by atoms with Crippen molar-refractivity contribution in [2.45, 2.75) is 37.4 Å². The maximum atomic E-state index is 10.3. The number of nitrogens with zero attached hydrogens (tertiary/aromatic N) is 4. The lowest BCUT2D eigenvalue weighted by molar-refractivity contribution is -0.0511.